The van der Waals surface area contributed by atoms with Crippen LogP contribution in [0.15, 0.2) is 16.9 Å². The van der Waals surface area contributed by atoms with Gasteiger partial charge in [0.05, 0.1) is 18.8 Å². The maximum absolute atomic E-state index is 5.14. The van der Waals surface area contributed by atoms with E-state index in [1.54, 1.807) is 13.3 Å². The van der Waals surface area contributed by atoms with E-state index < -0.39 is 0 Å². The molecular formula is C13H21N7O2. The lowest BCUT2D eigenvalue weighted by atomic mass is 10.1. The Morgan fingerprint density at radius 3 is 2.95 bits per heavy atom. The average molecular weight is 307 g/mol. The van der Waals surface area contributed by atoms with Gasteiger partial charge in [0.25, 0.3) is 5.89 Å². The van der Waals surface area contributed by atoms with E-state index in [0.717, 1.165) is 13.1 Å². The van der Waals surface area contributed by atoms with Crippen LogP contribution in [0.1, 0.15) is 17.8 Å². The Kier molecular flexibility index (Phi) is 4.46. The summed E-state index contributed by atoms with van der Waals surface area (Å²) >= 11 is 0. The molecule has 9 nitrogen and oxygen atoms in total. The Hall–Kier alpha value is -1.84. The van der Waals surface area contributed by atoms with Crippen LogP contribution in [0.25, 0.3) is 0 Å². The first-order valence-corrected chi connectivity index (χ1v) is 7.22. The fourth-order valence-corrected chi connectivity index (χ4v) is 2.87. The third-order valence-corrected chi connectivity index (χ3v) is 3.92. The van der Waals surface area contributed by atoms with Gasteiger partial charge in [-0.25, -0.2) is 4.68 Å². The summed E-state index contributed by atoms with van der Waals surface area (Å²) in [6.07, 6.45) is 3.63. The SMILES string of the molecule is COCc1nc(CN2C[C@@H](N(C)C)[C@@H](n3ccnn3)C2)no1. The van der Waals surface area contributed by atoms with Crippen LogP contribution in [-0.2, 0) is 17.9 Å². The van der Waals surface area contributed by atoms with E-state index >= 15 is 0 Å². The highest BCUT2D eigenvalue weighted by Gasteiger charge is 2.36. The maximum Gasteiger partial charge on any atom is 0.252 e. The molecule has 3 heterocycles. The summed E-state index contributed by atoms with van der Waals surface area (Å²) in [5.74, 6) is 1.19. The molecular weight excluding hydrogens is 286 g/mol. The van der Waals surface area contributed by atoms with E-state index in [1.807, 2.05) is 10.9 Å². The standard InChI is InChI=1S/C13H21N7O2/c1-18(2)10-6-19(7-11(10)20-5-4-14-17-20)8-12-15-13(9-21-3)22-16-12/h4-5,10-11H,6-9H2,1-3H3/t10-,11+/m1/s1. The first-order valence-electron chi connectivity index (χ1n) is 7.22. The minimum atomic E-state index is 0.267. The molecule has 0 unspecified atom stereocenters. The van der Waals surface area contributed by atoms with Crippen LogP contribution in [0.3, 0.4) is 0 Å². The van der Waals surface area contributed by atoms with Crippen molar-refractivity contribution in [1.29, 1.82) is 0 Å². The number of hydrogen-bond donors (Lipinski definition) is 0. The monoisotopic (exact) mass is 307 g/mol. The molecule has 2 aromatic rings. The molecule has 0 bridgehead atoms. The number of aromatic nitrogens is 5. The van der Waals surface area contributed by atoms with Crippen molar-refractivity contribution in [2.45, 2.75) is 25.2 Å². The van der Waals surface area contributed by atoms with Gasteiger partial charge in [-0.1, -0.05) is 10.4 Å². The van der Waals surface area contributed by atoms with Crippen molar-refractivity contribution in [3.63, 3.8) is 0 Å². The second kappa shape index (κ2) is 6.51. The molecule has 0 amide bonds. The molecule has 1 saturated heterocycles. The molecule has 0 spiro atoms. The Bertz CT molecular complexity index is 583. The molecule has 2 atom stereocenters. The summed E-state index contributed by atoms with van der Waals surface area (Å²) in [4.78, 5) is 8.85. The summed E-state index contributed by atoms with van der Waals surface area (Å²) in [6.45, 7) is 2.80. The Labute approximate surface area is 128 Å². The zero-order valence-corrected chi connectivity index (χ0v) is 13.1. The molecule has 9 heteroatoms. The lowest BCUT2D eigenvalue weighted by Gasteiger charge is -2.24. The number of methoxy groups -OCH3 is 1. The highest BCUT2D eigenvalue weighted by atomic mass is 16.5. The quantitative estimate of drug-likeness (QED) is 0.725. The zero-order valence-electron chi connectivity index (χ0n) is 13.1. The summed E-state index contributed by atoms with van der Waals surface area (Å²) < 4.78 is 12.1. The molecule has 0 N–H and O–H groups in total. The fourth-order valence-electron chi connectivity index (χ4n) is 2.87. The number of nitrogens with zero attached hydrogens (tertiary/aromatic N) is 7. The topological polar surface area (TPSA) is 85.3 Å². The van der Waals surface area contributed by atoms with E-state index in [0.29, 0.717) is 30.9 Å². The highest BCUT2D eigenvalue weighted by molar-refractivity contribution is 4.95. The van der Waals surface area contributed by atoms with Gasteiger partial charge in [0, 0.05) is 32.4 Å². The van der Waals surface area contributed by atoms with Gasteiger partial charge in [-0.05, 0) is 14.1 Å². The Morgan fingerprint density at radius 1 is 1.41 bits per heavy atom. The van der Waals surface area contributed by atoms with Crippen LogP contribution < -0.4 is 0 Å². The Morgan fingerprint density at radius 2 is 2.27 bits per heavy atom. The van der Waals surface area contributed by atoms with Crippen molar-refractivity contribution >= 4 is 0 Å². The van der Waals surface area contributed by atoms with E-state index in [-0.39, 0.29) is 6.04 Å². The van der Waals surface area contributed by atoms with Gasteiger partial charge in [-0.3, -0.25) is 4.90 Å². The van der Waals surface area contributed by atoms with E-state index in [4.69, 9.17) is 9.26 Å². The van der Waals surface area contributed by atoms with Crippen LogP contribution in [0, 0.1) is 0 Å². The number of ether oxygens (including phenoxy) is 1. The predicted molar refractivity (Wildman–Crippen MR) is 76.8 cm³/mol. The lowest BCUT2D eigenvalue weighted by molar-refractivity contribution is 0.151. The van der Waals surface area contributed by atoms with Gasteiger partial charge in [-0.2, -0.15) is 4.98 Å². The number of rotatable bonds is 6. The predicted octanol–water partition coefficient (Wildman–Crippen LogP) is -0.205. The van der Waals surface area contributed by atoms with E-state index in [2.05, 4.69) is 44.3 Å². The fraction of sp³-hybridized carbons (Fsp3) is 0.692. The Balaban J connectivity index is 1.67. The van der Waals surface area contributed by atoms with Crippen molar-refractivity contribution < 1.29 is 9.26 Å². The van der Waals surface area contributed by atoms with Crippen molar-refractivity contribution in [2.24, 2.45) is 0 Å². The third-order valence-electron chi connectivity index (χ3n) is 3.92. The zero-order chi connectivity index (χ0) is 15.5. The molecule has 120 valence electrons. The second-order valence-electron chi connectivity index (χ2n) is 5.71. The third kappa shape index (κ3) is 3.16. The number of likely N-dealkylation sites (N-methyl/N-ethyl adjacent to an activating group) is 1. The van der Waals surface area contributed by atoms with Crippen LogP contribution in [-0.4, -0.2) is 75.3 Å². The molecule has 0 aliphatic carbocycles. The minimum absolute atomic E-state index is 0.267. The van der Waals surface area contributed by atoms with Gasteiger partial charge >= 0.3 is 0 Å². The molecule has 22 heavy (non-hydrogen) atoms. The normalized spacial score (nSPS) is 22.7. The largest absolute Gasteiger partial charge is 0.375 e. The van der Waals surface area contributed by atoms with Gasteiger partial charge in [-0.15, -0.1) is 5.10 Å². The molecule has 0 radical (unpaired) electrons. The first kappa shape index (κ1) is 15.1. The minimum Gasteiger partial charge on any atom is -0.375 e. The summed E-state index contributed by atoms with van der Waals surface area (Å²) in [5, 5.41) is 12.1. The average Bonchev–Trinajstić information content (AvgIpc) is 3.19. The van der Waals surface area contributed by atoms with Gasteiger partial charge < -0.3 is 14.2 Å². The van der Waals surface area contributed by atoms with Crippen LogP contribution >= 0.6 is 0 Å². The number of hydrogen-bond acceptors (Lipinski definition) is 8. The van der Waals surface area contributed by atoms with E-state index in [9.17, 15) is 0 Å². The van der Waals surface area contributed by atoms with Gasteiger partial charge in [0.15, 0.2) is 5.82 Å². The van der Waals surface area contributed by atoms with Gasteiger partial charge in [0.2, 0.25) is 0 Å². The van der Waals surface area contributed by atoms with Crippen molar-refractivity contribution in [3.05, 3.63) is 24.1 Å². The summed E-state index contributed by atoms with van der Waals surface area (Å²) in [6, 6.07) is 0.634. The molecule has 0 aromatic carbocycles. The molecule has 2 aromatic heterocycles. The molecule has 1 fully saturated rings. The molecule has 1 aliphatic rings. The first-order chi connectivity index (χ1) is 10.7. The molecule has 1 aliphatic heterocycles. The molecule has 0 saturated carbocycles. The van der Waals surface area contributed by atoms with E-state index in [1.165, 1.54) is 0 Å². The van der Waals surface area contributed by atoms with Crippen molar-refractivity contribution in [2.75, 3.05) is 34.3 Å². The lowest BCUT2D eigenvalue weighted by Crippen LogP contribution is -2.36. The smallest absolute Gasteiger partial charge is 0.252 e. The van der Waals surface area contributed by atoms with Crippen LogP contribution in [0.2, 0.25) is 0 Å². The molecule has 3 rings (SSSR count). The van der Waals surface area contributed by atoms with Gasteiger partial charge in [0.1, 0.15) is 6.61 Å². The van der Waals surface area contributed by atoms with Crippen molar-refractivity contribution in [3.8, 4) is 0 Å². The summed E-state index contributed by atoms with van der Waals surface area (Å²) in [5.41, 5.74) is 0. The maximum atomic E-state index is 5.14. The van der Waals surface area contributed by atoms with Crippen LogP contribution in [0.5, 0.6) is 0 Å². The number of likely N-dealkylation sites (tertiary alicyclic amines) is 1. The summed E-state index contributed by atoms with van der Waals surface area (Å²) in [7, 11) is 5.78. The van der Waals surface area contributed by atoms with Crippen LogP contribution in [0.4, 0.5) is 0 Å². The second-order valence-corrected chi connectivity index (χ2v) is 5.71. The highest BCUT2D eigenvalue weighted by Crippen LogP contribution is 2.25. The van der Waals surface area contributed by atoms with Crippen molar-refractivity contribution in [1.82, 2.24) is 34.9 Å².